The lowest BCUT2D eigenvalue weighted by atomic mass is 10.1. The highest BCUT2D eigenvalue weighted by molar-refractivity contribution is 5.80. The second-order valence-electron chi connectivity index (χ2n) is 4.99. The van der Waals surface area contributed by atoms with Crippen molar-refractivity contribution >= 4 is 11.9 Å². The molecule has 1 rings (SSSR count). The van der Waals surface area contributed by atoms with Crippen molar-refractivity contribution in [3.05, 3.63) is 29.8 Å². The van der Waals surface area contributed by atoms with Crippen LogP contribution in [0.4, 0.5) is 8.78 Å². The van der Waals surface area contributed by atoms with Gasteiger partial charge in [0, 0.05) is 18.2 Å². The van der Waals surface area contributed by atoms with E-state index in [0.717, 1.165) is 0 Å². The van der Waals surface area contributed by atoms with Crippen LogP contribution >= 0.6 is 0 Å². The SMILES string of the molecule is CC(C)N(CCC(=O)O)C(=O)Cc1ccccc1OC(F)F. The molecular formula is C15H19F2NO4. The summed E-state index contributed by atoms with van der Waals surface area (Å²) in [4.78, 5) is 24.3. The molecule has 0 bridgehead atoms. The van der Waals surface area contributed by atoms with E-state index in [1.807, 2.05) is 0 Å². The lowest BCUT2D eigenvalue weighted by Gasteiger charge is -2.26. The molecule has 0 radical (unpaired) electrons. The van der Waals surface area contributed by atoms with Crippen molar-refractivity contribution < 1.29 is 28.2 Å². The van der Waals surface area contributed by atoms with Gasteiger partial charge in [0.2, 0.25) is 5.91 Å². The average Bonchev–Trinajstić information content (AvgIpc) is 2.39. The van der Waals surface area contributed by atoms with Gasteiger partial charge in [0.15, 0.2) is 0 Å². The fraction of sp³-hybridized carbons (Fsp3) is 0.467. The molecule has 0 aliphatic heterocycles. The molecule has 7 heteroatoms. The zero-order valence-corrected chi connectivity index (χ0v) is 12.5. The highest BCUT2D eigenvalue weighted by atomic mass is 19.3. The van der Waals surface area contributed by atoms with Crippen LogP contribution in [0.1, 0.15) is 25.8 Å². The first-order valence-corrected chi connectivity index (χ1v) is 6.85. The van der Waals surface area contributed by atoms with Gasteiger partial charge in [-0.2, -0.15) is 8.78 Å². The molecule has 0 atom stereocenters. The Morgan fingerprint density at radius 2 is 1.91 bits per heavy atom. The molecule has 0 spiro atoms. The van der Waals surface area contributed by atoms with Crippen LogP contribution in [0.5, 0.6) is 5.75 Å². The predicted molar refractivity (Wildman–Crippen MR) is 75.9 cm³/mol. The van der Waals surface area contributed by atoms with E-state index < -0.39 is 12.6 Å². The molecule has 0 heterocycles. The summed E-state index contributed by atoms with van der Waals surface area (Å²) in [5.41, 5.74) is 0.341. The summed E-state index contributed by atoms with van der Waals surface area (Å²) >= 11 is 0. The number of nitrogens with zero attached hydrogens (tertiary/aromatic N) is 1. The second-order valence-corrected chi connectivity index (χ2v) is 4.99. The molecular weight excluding hydrogens is 296 g/mol. The number of rotatable bonds is 8. The van der Waals surface area contributed by atoms with E-state index in [1.165, 1.54) is 23.1 Å². The Morgan fingerprint density at radius 1 is 1.27 bits per heavy atom. The minimum Gasteiger partial charge on any atom is -0.481 e. The third-order valence-electron chi connectivity index (χ3n) is 3.04. The fourth-order valence-electron chi connectivity index (χ4n) is 2.01. The maximum Gasteiger partial charge on any atom is 0.387 e. The Bertz CT molecular complexity index is 520. The van der Waals surface area contributed by atoms with Crippen molar-refractivity contribution in [1.82, 2.24) is 4.90 Å². The summed E-state index contributed by atoms with van der Waals surface area (Å²) in [5.74, 6) is -1.38. The van der Waals surface area contributed by atoms with Crippen molar-refractivity contribution in [2.24, 2.45) is 0 Å². The number of para-hydroxylation sites is 1. The minimum atomic E-state index is -2.97. The number of alkyl halides is 2. The zero-order chi connectivity index (χ0) is 16.7. The Morgan fingerprint density at radius 3 is 2.45 bits per heavy atom. The zero-order valence-electron chi connectivity index (χ0n) is 12.5. The van der Waals surface area contributed by atoms with E-state index in [2.05, 4.69) is 4.74 Å². The van der Waals surface area contributed by atoms with Gasteiger partial charge in [-0.3, -0.25) is 9.59 Å². The molecule has 5 nitrogen and oxygen atoms in total. The number of hydrogen-bond acceptors (Lipinski definition) is 3. The van der Waals surface area contributed by atoms with Gasteiger partial charge in [-0.1, -0.05) is 18.2 Å². The summed E-state index contributed by atoms with van der Waals surface area (Å²) < 4.78 is 29.1. The summed E-state index contributed by atoms with van der Waals surface area (Å²) in [7, 11) is 0. The first kappa shape index (κ1) is 17.9. The Kier molecular flexibility index (Phi) is 6.75. The monoisotopic (exact) mass is 315 g/mol. The number of halogens is 2. The lowest BCUT2D eigenvalue weighted by Crippen LogP contribution is -2.39. The van der Waals surface area contributed by atoms with Crippen LogP contribution in [0.2, 0.25) is 0 Å². The molecule has 1 N–H and O–H groups in total. The van der Waals surface area contributed by atoms with Crippen molar-refractivity contribution in [2.45, 2.75) is 39.3 Å². The van der Waals surface area contributed by atoms with E-state index in [9.17, 15) is 18.4 Å². The Labute approximate surface area is 127 Å². The Balaban J connectivity index is 2.83. The molecule has 1 aromatic rings. The first-order chi connectivity index (χ1) is 10.3. The molecule has 0 aromatic heterocycles. The summed E-state index contributed by atoms with van der Waals surface area (Å²) in [5, 5.41) is 8.72. The van der Waals surface area contributed by atoms with E-state index >= 15 is 0 Å². The topological polar surface area (TPSA) is 66.8 Å². The molecule has 0 fully saturated rings. The van der Waals surface area contributed by atoms with Gasteiger partial charge >= 0.3 is 12.6 Å². The number of carbonyl (C=O) groups excluding carboxylic acids is 1. The van der Waals surface area contributed by atoms with E-state index in [1.54, 1.807) is 19.9 Å². The second kappa shape index (κ2) is 8.31. The summed E-state index contributed by atoms with van der Waals surface area (Å²) in [6.07, 6.45) is -0.292. The van der Waals surface area contributed by atoms with E-state index in [0.29, 0.717) is 5.56 Å². The van der Waals surface area contributed by atoms with Gasteiger partial charge in [0.1, 0.15) is 5.75 Å². The van der Waals surface area contributed by atoms with Crippen LogP contribution in [0.15, 0.2) is 24.3 Å². The number of carboxylic acid groups (broad SMARTS) is 1. The Hall–Kier alpha value is -2.18. The third kappa shape index (κ3) is 5.67. The van der Waals surface area contributed by atoms with Gasteiger partial charge in [0.05, 0.1) is 12.8 Å². The van der Waals surface area contributed by atoms with Crippen LogP contribution in [0.3, 0.4) is 0 Å². The quantitative estimate of drug-likeness (QED) is 0.800. The number of benzene rings is 1. The smallest absolute Gasteiger partial charge is 0.387 e. The number of hydrogen-bond donors (Lipinski definition) is 1. The molecule has 0 aliphatic rings. The molecule has 0 aliphatic carbocycles. The molecule has 0 saturated heterocycles. The number of aliphatic carboxylic acids is 1. The maximum absolute atomic E-state index is 12.4. The lowest BCUT2D eigenvalue weighted by molar-refractivity contribution is -0.139. The van der Waals surface area contributed by atoms with Gasteiger partial charge in [0.25, 0.3) is 0 Å². The number of carbonyl (C=O) groups is 2. The van der Waals surface area contributed by atoms with Gasteiger partial charge in [-0.15, -0.1) is 0 Å². The summed E-state index contributed by atoms with van der Waals surface area (Å²) in [6, 6.07) is 5.88. The first-order valence-electron chi connectivity index (χ1n) is 6.85. The van der Waals surface area contributed by atoms with Gasteiger partial charge in [-0.25, -0.2) is 0 Å². The van der Waals surface area contributed by atoms with E-state index in [4.69, 9.17) is 5.11 Å². The standard InChI is InChI=1S/C15H19F2NO4/c1-10(2)18(8-7-14(20)21)13(19)9-11-5-3-4-6-12(11)22-15(16)17/h3-6,10,15H,7-9H2,1-2H3,(H,20,21). The fourth-order valence-corrected chi connectivity index (χ4v) is 2.01. The van der Waals surface area contributed by atoms with Crippen LogP contribution in [-0.2, 0) is 16.0 Å². The van der Waals surface area contributed by atoms with Gasteiger partial charge < -0.3 is 14.7 Å². The third-order valence-corrected chi connectivity index (χ3v) is 3.04. The number of amides is 1. The van der Waals surface area contributed by atoms with Crippen molar-refractivity contribution in [1.29, 1.82) is 0 Å². The maximum atomic E-state index is 12.4. The van der Waals surface area contributed by atoms with Crippen LogP contribution in [-0.4, -0.2) is 41.1 Å². The molecule has 0 unspecified atom stereocenters. The highest BCUT2D eigenvalue weighted by Crippen LogP contribution is 2.21. The minimum absolute atomic E-state index is 0.0483. The average molecular weight is 315 g/mol. The normalized spacial score (nSPS) is 10.8. The number of carboxylic acids is 1. The molecule has 122 valence electrons. The molecule has 22 heavy (non-hydrogen) atoms. The van der Waals surface area contributed by atoms with Crippen LogP contribution in [0, 0.1) is 0 Å². The summed E-state index contributed by atoms with van der Waals surface area (Å²) in [6.45, 7) is 0.635. The molecule has 1 aromatic carbocycles. The van der Waals surface area contributed by atoms with E-state index in [-0.39, 0.29) is 37.1 Å². The predicted octanol–water partition coefficient (Wildman–Crippen LogP) is 2.54. The number of ether oxygens (including phenoxy) is 1. The largest absolute Gasteiger partial charge is 0.481 e. The van der Waals surface area contributed by atoms with Crippen molar-refractivity contribution in [2.75, 3.05) is 6.54 Å². The highest BCUT2D eigenvalue weighted by Gasteiger charge is 2.20. The van der Waals surface area contributed by atoms with Crippen LogP contribution in [0.25, 0.3) is 0 Å². The molecule has 1 amide bonds. The molecule has 0 saturated carbocycles. The van der Waals surface area contributed by atoms with Crippen molar-refractivity contribution in [3.63, 3.8) is 0 Å². The van der Waals surface area contributed by atoms with Crippen molar-refractivity contribution in [3.8, 4) is 5.75 Å². The van der Waals surface area contributed by atoms with Crippen LogP contribution < -0.4 is 4.74 Å². The van der Waals surface area contributed by atoms with Gasteiger partial charge in [-0.05, 0) is 19.9 Å².